The van der Waals surface area contributed by atoms with E-state index in [4.69, 9.17) is 4.42 Å². The van der Waals surface area contributed by atoms with E-state index in [-0.39, 0.29) is 22.9 Å². The number of rotatable bonds is 6. The van der Waals surface area contributed by atoms with Crippen molar-refractivity contribution in [1.82, 2.24) is 14.2 Å². The van der Waals surface area contributed by atoms with Gasteiger partial charge in [0.15, 0.2) is 5.58 Å². The lowest BCUT2D eigenvalue weighted by Crippen LogP contribution is -2.45. The summed E-state index contributed by atoms with van der Waals surface area (Å²) in [4.78, 5) is 24.4. The van der Waals surface area contributed by atoms with Crippen molar-refractivity contribution in [2.24, 2.45) is 13.0 Å². The largest absolute Gasteiger partial charge is 0.419 e. The SMILES string of the molecule is Cn1c(=O)oc2cc(S(=O)(=O)N3CCC[C@H](C(=O)NCCc4ccccc4)C3)ccc21. The second kappa shape index (κ2) is 8.68. The number of nitrogens with zero attached hydrogens (tertiary/aromatic N) is 2. The van der Waals surface area contributed by atoms with Crippen LogP contribution in [-0.2, 0) is 28.3 Å². The zero-order valence-corrected chi connectivity index (χ0v) is 18.1. The van der Waals surface area contributed by atoms with Gasteiger partial charge < -0.3 is 9.73 Å². The van der Waals surface area contributed by atoms with Crippen molar-refractivity contribution in [2.45, 2.75) is 24.2 Å². The molecule has 1 saturated heterocycles. The first-order valence-corrected chi connectivity index (χ1v) is 11.7. The zero-order valence-electron chi connectivity index (χ0n) is 17.3. The summed E-state index contributed by atoms with van der Waals surface area (Å²) in [6, 6.07) is 14.3. The molecule has 0 unspecified atom stereocenters. The van der Waals surface area contributed by atoms with E-state index in [1.165, 1.54) is 21.0 Å². The van der Waals surface area contributed by atoms with Crippen LogP contribution in [-0.4, -0.2) is 42.8 Å². The lowest BCUT2D eigenvalue weighted by atomic mass is 9.99. The van der Waals surface area contributed by atoms with Crippen LogP contribution < -0.4 is 11.1 Å². The number of carbonyl (C=O) groups excluding carboxylic acids is 1. The third-order valence-corrected chi connectivity index (χ3v) is 7.57. The number of amides is 1. The Hall–Kier alpha value is -2.91. The molecule has 8 nitrogen and oxygen atoms in total. The maximum atomic E-state index is 13.2. The number of carbonyl (C=O) groups is 1. The van der Waals surface area contributed by atoms with E-state index in [1.54, 1.807) is 13.1 Å². The maximum absolute atomic E-state index is 13.2. The van der Waals surface area contributed by atoms with Crippen LogP contribution in [0, 0.1) is 5.92 Å². The van der Waals surface area contributed by atoms with E-state index in [1.807, 2.05) is 30.3 Å². The van der Waals surface area contributed by atoms with Crippen molar-refractivity contribution in [3.63, 3.8) is 0 Å². The molecule has 2 aromatic carbocycles. The Bertz CT molecular complexity index is 1250. The molecular weight excluding hydrogens is 418 g/mol. The van der Waals surface area contributed by atoms with Gasteiger partial charge in [0.05, 0.1) is 16.3 Å². The third kappa shape index (κ3) is 4.42. The molecule has 0 aliphatic carbocycles. The first kappa shape index (κ1) is 21.3. The number of sulfonamides is 1. The van der Waals surface area contributed by atoms with Crippen LogP contribution in [0.15, 0.2) is 62.6 Å². The molecule has 1 aromatic heterocycles. The summed E-state index contributed by atoms with van der Waals surface area (Å²) < 4.78 is 34.1. The van der Waals surface area contributed by atoms with E-state index < -0.39 is 21.7 Å². The van der Waals surface area contributed by atoms with Gasteiger partial charge in [0.25, 0.3) is 0 Å². The third-order valence-electron chi connectivity index (χ3n) is 5.71. The molecule has 9 heteroatoms. The summed E-state index contributed by atoms with van der Waals surface area (Å²) in [5.74, 6) is -1.06. The van der Waals surface area contributed by atoms with Crippen LogP contribution >= 0.6 is 0 Å². The highest BCUT2D eigenvalue weighted by Crippen LogP contribution is 2.26. The zero-order chi connectivity index (χ0) is 22.0. The first-order chi connectivity index (χ1) is 14.9. The van der Waals surface area contributed by atoms with Crippen LogP contribution in [0.3, 0.4) is 0 Å². The van der Waals surface area contributed by atoms with E-state index in [0.717, 1.165) is 12.0 Å². The number of benzene rings is 2. The number of hydrogen-bond donors (Lipinski definition) is 1. The molecule has 1 aliphatic rings. The summed E-state index contributed by atoms with van der Waals surface area (Å²) in [6.45, 7) is 0.999. The highest BCUT2D eigenvalue weighted by atomic mass is 32.2. The second-order valence-electron chi connectivity index (χ2n) is 7.79. The number of hydrogen-bond acceptors (Lipinski definition) is 5. The van der Waals surface area contributed by atoms with E-state index in [2.05, 4.69) is 5.32 Å². The minimum atomic E-state index is -3.80. The lowest BCUT2D eigenvalue weighted by molar-refractivity contribution is -0.126. The maximum Gasteiger partial charge on any atom is 0.419 e. The lowest BCUT2D eigenvalue weighted by Gasteiger charge is -2.31. The second-order valence-corrected chi connectivity index (χ2v) is 9.72. The molecule has 1 amide bonds. The van der Waals surface area contributed by atoms with Gasteiger partial charge in [0.1, 0.15) is 0 Å². The predicted octanol–water partition coefficient (Wildman–Crippen LogP) is 1.89. The summed E-state index contributed by atoms with van der Waals surface area (Å²) in [5, 5.41) is 2.93. The number of aryl methyl sites for hydroxylation is 1. The van der Waals surface area contributed by atoms with Crippen LogP contribution in [0.25, 0.3) is 11.1 Å². The Kier molecular flexibility index (Phi) is 5.97. The fourth-order valence-corrected chi connectivity index (χ4v) is 5.46. The molecule has 164 valence electrons. The Balaban J connectivity index is 1.43. The summed E-state index contributed by atoms with van der Waals surface area (Å²) in [5.41, 5.74) is 1.89. The van der Waals surface area contributed by atoms with Gasteiger partial charge in [-0.1, -0.05) is 30.3 Å². The van der Waals surface area contributed by atoms with E-state index in [0.29, 0.717) is 31.4 Å². The van der Waals surface area contributed by atoms with Gasteiger partial charge >= 0.3 is 5.76 Å². The molecular formula is C22H25N3O5S. The Morgan fingerprint density at radius 3 is 2.74 bits per heavy atom. The number of piperidine rings is 1. The van der Waals surface area contributed by atoms with Crippen molar-refractivity contribution >= 4 is 27.0 Å². The number of fused-ring (bicyclic) bond motifs is 1. The molecule has 31 heavy (non-hydrogen) atoms. The average Bonchev–Trinajstić information content (AvgIpc) is 3.07. The van der Waals surface area contributed by atoms with Gasteiger partial charge in [-0.3, -0.25) is 9.36 Å². The van der Waals surface area contributed by atoms with Gasteiger partial charge in [-0.15, -0.1) is 0 Å². The van der Waals surface area contributed by atoms with Crippen molar-refractivity contribution in [3.05, 3.63) is 64.6 Å². The molecule has 1 atom stereocenters. The summed E-state index contributed by atoms with van der Waals surface area (Å²) >= 11 is 0. The summed E-state index contributed by atoms with van der Waals surface area (Å²) in [6.07, 6.45) is 1.98. The molecule has 1 aliphatic heterocycles. The molecule has 3 aromatic rings. The van der Waals surface area contributed by atoms with E-state index >= 15 is 0 Å². The van der Waals surface area contributed by atoms with Crippen molar-refractivity contribution in [2.75, 3.05) is 19.6 Å². The topological polar surface area (TPSA) is 102 Å². The Labute approximate surface area is 180 Å². The smallest absolute Gasteiger partial charge is 0.408 e. The quantitative estimate of drug-likeness (QED) is 0.627. The molecule has 0 radical (unpaired) electrons. The number of nitrogens with one attached hydrogen (secondary N) is 1. The van der Waals surface area contributed by atoms with Crippen molar-refractivity contribution < 1.29 is 17.6 Å². The van der Waals surface area contributed by atoms with Crippen LogP contribution in [0.5, 0.6) is 0 Å². The fraction of sp³-hybridized carbons (Fsp3) is 0.364. The first-order valence-electron chi connectivity index (χ1n) is 10.3. The molecule has 2 heterocycles. The molecule has 4 rings (SSSR count). The van der Waals surface area contributed by atoms with Gasteiger partial charge in [-0.2, -0.15) is 4.31 Å². The van der Waals surface area contributed by atoms with Crippen molar-refractivity contribution in [1.29, 1.82) is 0 Å². The monoisotopic (exact) mass is 443 g/mol. The average molecular weight is 444 g/mol. The van der Waals surface area contributed by atoms with Gasteiger partial charge in [-0.25, -0.2) is 13.2 Å². The van der Waals surface area contributed by atoms with Gasteiger partial charge in [0.2, 0.25) is 15.9 Å². The number of oxazole rings is 1. The van der Waals surface area contributed by atoms with Gasteiger partial charge in [-0.05, 0) is 37.0 Å². The van der Waals surface area contributed by atoms with Crippen molar-refractivity contribution in [3.8, 4) is 0 Å². The standard InChI is InChI=1S/C22H25N3O5S/c1-24-19-10-9-18(14-20(19)30-22(24)27)31(28,29)25-13-5-8-17(15-25)21(26)23-12-11-16-6-3-2-4-7-16/h2-4,6-7,9-10,14,17H,5,8,11-13,15H2,1H3,(H,23,26)/t17-/m0/s1. The van der Waals surface area contributed by atoms with E-state index in [9.17, 15) is 18.0 Å². The number of aromatic nitrogens is 1. The Morgan fingerprint density at radius 1 is 1.19 bits per heavy atom. The molecule has 1 N–H and O–H groups in total. The summed E-state index contributed by atoms with van der Waals surface area (Å²) in [7, 11) is -2.24. The molecule has 0 saturated carbocycles. The normalized spacial score (nSPS) is 17.6. The molecule has 0 spiro atoms. The highest BCUT2D eigenvalue weighted by molar-refractivity contribution is 7.89. The highest BCUT2D eigenvalue weighted by Gasteiger charge is 2.33. The minimum absolute atomic E-state index is 0.0551. The minimum Gasteiger partial charge on any atom is -0.408 e. The molecule has 1 fully saturated rings. The Morgan fingerprint density at radius 2 is 1.97 bits per heavy atom. The van der Waals surface area contributed by atoms with Crippen LogP contribution in [0.4, 0.5) is 0 Å². The predicted molar refractivity (Wildman–Crippen MR) is 116 cm³/mol. The molecule has 0 bridgehead atoms. The van der Waals surface area contributed by atoms with Crippen LogP contribution in [0.2, 0.25) is 0 Å². The van der Waals surface area contributed by atoms with Crippen LogP contribution in [0.1, 0.15) is 18.4 Å². The van der Waals surface area contributed by atoms with Gasteiger partial charge in [0, 0.05) is 32.7 Å². The fourth-order valence-electron chi connectivity index (χ4n) is 3.92.